The summed E-state index contributed by atoms with van der Waals surface area (Å²) in [5.74, 6) is 10.5. The topological polar surface area (TPSA) is 271 Å². The molecule has 18 nitrogen and oxygen atoms in total. The summed E-state index contributed by atoms with van der Waals surface area (Å²) in [6, 6.07) is 21.9. The van der Waals surface area contributed by atoms with Gasteiger partial charge < -0.3 is 73.4 Å². The van der Waals surface area contributed by atoms with Gasteiger partial charge in [0.2, 0.25) is 0 Å². The van der Waals surface area contributed by atoms with Crippen molar-refractivity contribution >= 4 is 29.1 Å². The van der Waals surface area contributed by atoms with E-state index in [9.17, 15) is 54.6 Å². The third-order valence-corrected chi connectivity index (χ3v) is 36.6. The SMILES string of the molecule is CCCCCc1cc(O)c2c(c1)OC(C)(C)C(CCC(C)=O)C2=O.CCCCCc1cc(O)c2c(c1)O[C@]1(C)CC[C@H]3[C@@H]1[C@@H]2C3(C)C.CCCCCc1cc2c(c(O)c1C(=O)O)[C@@H]1[C@H]3[C@H](CC[C@@]3(C)O2)C1(C)C.CCCCCc1cc2c3c(c1)OC(C)(C)C1CCC(C)(CC31)O2.CCCc1cc(O)c2c(c1)OC(C)(C)C(CCC(C)=O)C2=O.CCCc1cc(O)c2c(c1)O[C@]1(C)CC[C@H]3[C@@H]1[C@@H]2C3(C)C. The number of benzene rings is 6. The molecule has 7 fully saturated rings. The van der Waals surface area contributed by atoms with Crippen LogP contribution >= 0.6 is 0 Å². The van der Waals surface area contributed by atoms with Crippen molar-refractivity contribution < 1.29 is 87.8 Å². The number of hydrogen-bond donors (Lipinski definition) is 6. The van der Waals surface area contributed by atoms with Gasteiger partial charge in [-0.3, -0.25) is 9.59 Å². The van der Waals surface area contributed by atoms with Crippen LogP contribution in [0.25, 0.3) is 0 Å². The minimum Gasteiger partial charge on any atom is -0.508 e. The van der Waals surface area contributed by atoms with E-state index >= 15 is 0 Å². The molecule has 2 bridgehead atoms. The van der Waals surface area contributed by atoms with Gasteiger partial charge in [-0.2, -0.15) is 0 Å². The molecule has 20 rings (SSSR count). The first-order chi connectivity index (χ1) is 65.4. The Morgan fingerprint density at radius 1 is 0.345 bits per heavy atom. The van der Waals surface area contributed by atoms with Gasteiger partial charge >= 0.3 is 5.97 Å². The number of rotatable bonds is 27. The summed E-state index contributed by atoms with van der Waals surface area (Å²) in [7, 11) is 0. The molecular formula is C121H168O18. The number of aromatic carboxylic acids is 1. The van der Waals surface area contributed by atoms with Crippen molar-refractivity contribution in [2.24, 2.45) is 69.5 Å². The standard InChI is InChI=1S/C22H30O4.2C21H30O2.C20H28O4.C19H26O2.C18H24O4/c1-5-6-7-8-12-11-14-16(19(23)15(12)20(24)25)18-17-13(21(18,2)3)9-10-22(17,4)26-14;1-5-6-7-8-14-11-17-19-15-13-21(4,23-18(19)12-14)10-9-16(15)20(2,3)22-17;1-5-6-7-8-13-11-15(22)17-16(12-13)23-21(4)10-9-14-18(21)19(17)20(14,2)3;1-5-6-7-8-14-11-16(22)18-17(12-14)24-20(3,4)15(19(18)23)10-9-13(2)21;1-5-6-11-9-13(20)15-14(10-11)21-19(4)8-7-12-16(19)17(15)18(12,2)3;1-5-6-12-9-14(20)16-15(10-12)22-18(3,4)13(17(16)21)8-7-11(2)19/h11,13,17-18,23H,5-10H2,1-4H3,(H,24,25);11-12,15-16H,5-10,13H2,1-4H3;11-12,14,18-19,22H,5-10H2,1-4H3;11-12,15,22H,5-10H2,1-4H3;9-10,12,16-17,20H,5-8H2,1-4H3;9-10,13,20H,5-8H2,1-4H3/t13-,17+,18+,22+;;14-,18+,19+,21+;;12-,16+,17+,19+;/m0.0.0./s1. The summed E-state index contributed by atoms with van der Waals surface area (Å²) in [4.78, 5) is 60.1. The summed E-state index contributed by atoms with van der Waals surface area (Å²) < 4.78 is 44.5. The van der Waals surface area contributed by atoms with Crippen LogP contribution in [0.4, 0.5) is 0 Å². The average Bonchev–Trinajstić information content (AvgIpc) is 1.55. The molecule has 14 aliphatic rings. The summed E-state index contributed by atoms with van der Waals surface area (Å²) in [6.07, 6.45) is 33.5. The number of ketones is 4. The maximum absolute atomic E-state index is 12.9. The fraction of sp³-hybridized carbons (Fsp3) is 0.661. The summed E-state index contributed by atoms with van der Waals surface area (Å²) in [6.45, 7) is 51.2. The molecule has 0 spiro atoms. The van der Waals surface area contributed by atoms with Gasteiger partial charge in [-0.25, -0.2) is 4.79 Å². The van der Waals surface area contributed by atoms with Gasteiger partial charge in [0.05, 0.1) is 11.8 Å². The third-order valence-electron chi connectivity index (χ3n) is 36.6. The lowest BCUT2D eigenvalue weighted by molar-refractivity contribution is -0.121. The highest BCUT2D eigenvalue weighted by atomic mass is 16.5. The fourth-order valence-electron chi connectivity index (χ4n) is 29.4. The van der Waals surface area contributed by atoms with E-state index in [1.807, 2.05) is 58.0 Å². The van der Waals surface area contributed by atoms with Crippen LogP contribution in [0, 0.1) is 69.5 Å². The third kappa shape index (κ3) is 19.5. The van der Waals surface area contributed by atoms with E-state index in [0.29, 0.717) is 108 Å². The van der Waals surface area contributed by atoms with Gasteiger partial charge in [0, 0.05) is 82.4 Å². The number of phenolic OH excluding ortho intramolecular Hbond substituents is 4. The second kappa shape index (κ2) is 39.6. The number of carboxylic acid groups (broad SMARTS) is 1. The van der Waals surface area contributed by atoms with E-state index in [0.717, 1.165) is 190 Å². The predicted octanol–water partition coefficient (Wildman–Crippen LogP) is 29.0. The molecular weight excluding hydrogens is 1740 g/mol. The first-order valence-corrected chi connectivity index (χ1v) is 54.0. The van der Waals surface area contributed by atoms with Gasteiger partial charge in [-0.1, -0.05) is 147 Å². The van der Waals surface area contributed by atoms with Crippen molar-refractivity contribution in [3.05, 3.63) is 139 Å². The molecule has 760 valence electrons. The minimum atomic E-state index is -1.04. The van der Waals surface area contributed by atoms with Crippen LogP contribution in [0.15, 0.2) is 66.7 Å². The van der Waals surface area contributed by atoms with Crippen molar-refractivity contribution in [3.63, 3.8) is 0 Å². The van der Waals surface area contributed by atoms with Gasteiger partial charge in [-0.05, 0) is 352 Å². The molecule has 0 aromatic heterocycles. The zero-order valence-electron chi connectivity index (χ0n) is 88.8. The number of Topliss-reactive ketones (excluding diaryl/α,β-unsaturated/α-hetero) is 4. The molecule has 139 heavy (non-hydrogen) atoms. The number of carboxylic acids is 1. The number of unbranched alkanes of at least 4 members (excludes halogenated alkanes) is 8. The molecule has 6 aromatic rings. The van der Waals surface area contributed by atoms with Crippen LogP contribution in [0.2, 0.25) is 0 Å². The lowest BCUT2D eigenvalue weighted by Crippen LogP contribution is -2.59. The molecule has 6 aromatic carbocycles. The molecule has 7 heterocycles. The van der Waals surface area contributed by atoms with Crippen molar-refractivity contribution in [1.82, 2.24) is 0 Å². The number of phenols is 5. The molecule has 7 aliphatic heterocycles. The van der Waals surface area contributed by atoms with Crippen LogP contribution in [0.5, 0.6) is 69.0 Å². The summed E-state index contributed by atoms with van der Waals surface area (Å²) in [5, 5.41) is 62.7. The highest BCUT2D eigenvalue weighted by Crippen LogP contribution is 2.78. The predicted molar refractivity (Wildman–Crippen MR) is 549 cm³/mol. The van der Waals surface area contributed by atoms with Crippen LogP contribution in [-0.2, 0) is 48.1 Å². The zero-order chi connectivity index (χ0) is 101. The normalized spacial score (nSPS) is 29.7. The molecule has 0 radical (unpaired) electrons. The first-order valence-electron chi connectivity index (χ1n) is 54.0. The van der Waals surface area contributed by atoms with E-state index in [-0.39, 0.29) is 107 Å². The van der Waals surface area contributed by atoms with Crippen LogP contribution in [0.3, 0.4) is 0 Å². The maximum atomic E-state index is 12.9. The van der Waals surface area contributed by atoms with Crippen LogP contribution in [-0.4, -0.2) is 98.9 Å². The molecule has 7 aliphatic carbocycles. The highest BCUT2D eigenvalue weighted by molar-refractivity contribution is 6.05. The quantitative estimate of drug-likeness (QED) is 0.0262. The lowest BCUT2D eigenvalue weighted by Gasteiger charge is -2.62. The monoisotopic (exact) mass is 1910 g/mol. The average molecular weight is 1910 g/mol. The Balaban J connectivity index is 0.000000126. The van der Waals surface area contributed by atoms with Crippen LogP contribution < -0.4 is 33.2 Å². The molecule has 18 heteroatoms. The van der Waals surface area contributed by atoms with E-state index in [1.54, 1.807) is 12.1 Å². The Bertz CT molecular complexity index is 5590. The molecule has 5 unspecified atom stereocenters. The largest absolute Gasteiger partial charge is 0.508 e. The molecule has 17 atom stereocenters. The van der Waals surface area contributed by atoms with E-state index in [4.69, 9.17) is 33.2 Å². The van der Waals surface area contributed by atoms with Crippen molar-refractivity contribution in [2.45, 2.75) is 441 Å². The Morgan fingerprint density at radius 3 is 1.04 bits per heavy atom. The molecule has 0 amide bonds. The Labute approximate surface area is 830 Å². The van der Waals surface area contributed by atoms with Crippen LogP contribution in [0.1, 0.15) is 450 Å². The number of aryl methyl sites for hydroxylation is 6. The summed E-state index contributed by atoms with van der Waals surface area (Å²) in [5.41, 5.74) is 10.4. The van der Waals surface area contributed by atoms with Crippen molar-refractivity contribution in [1.29, 1.82) is 0 Å². The number of carbonyl (C=O) groups excluding carboxylic acids is 4. The highest BCUT2D eigenvalue weighted by Gasteiger charge is 2.73. The second-order valence-corrected chi connectivity index (χ2v) is 48.9. The lowest BCUT2D eigenvalue weighted by atomic mass is 9.45. The van der Waals surface area contributed by atoms with E-state index < -0.39 is 29.0 Å². The Hall–Kier alpha value is -8.93. The number of ether oxygens (including phenoxy) is 7. The summed E-state index contributed by atoms with van der Waals surface area (Å²) >= 11 is 0. The maximum Gasteiger partial charge on any atom is 0.339 e. The van der Waals surface area contributed by atoms with Gasteiger partial charge in [0.25, 0.3) is 0 Å². The van der Waals surface area contributed by atoms with Crippen molar-refractivity contribution in [2.75, 3.05) is 0 Å². The zero-order valence-corrected chi connectivity index (χ0v) is 88.8. The van der Waals surface area contributed by atoms with Gasteiger partial charge in [0.15, 0.2) is 11.6 Å². The number of hydrogen-bond acceptors (Lipinski definition) is 17. The minimum absolute atomic E-state index is 0.00711. The van der Waals surface area contributed by atoms with E-state index in [2.05, 4.69) is 149 Å². The number of aromatic hydroxyl groups is 5. The second-order valence-electron chi connectivity index (χ2n) is 48.9. The number of carbonyl (C=O) groups is 5. The smallest absolute Gasteiger partial charge is 0.339 e. The Morgan fingerprint density at radius 2 is 0.669 bits per heavy atom. The molecule has 6 N–H and O–H groups in total. The van der Waals surface area contributed by atoms with E-state index in [1.165, 1.54) is 93.9 Å². The fourth-order valence-corrected chi connectivity index (χ4v) is 29.4. The van der Waals surface area contributed by atoms with Gasteiger partial charge in [-0.15, -0.1) is 0 Å². The molecule has 0 saturated heterocycles. The number of fused-ring (bicyclic) bond motifs is 9. The Kier molecular flexibility index (Phi) is 29.8. The molecule has 7 saturated carbocycles. The van der Waals surface area contributed by atoms with Gasteiger partial charge in [0.1, 0.15) is 136 Å². The van der Waals surface area contributed by atoms with Crippen molar-refractivity contribution in [3.8, 4) is 69.0 Å². The first kappa shape index (κ1) is 104.